The average Bonchev–Trinajstić information content (AvgIpc) is 2.26. The van der Waals surface area contributed by atoms with E-state index in [1.54, 1.807) is 31.4 Å². The van der Waals surface area contributed by atoms with Gasteiger partial charge in [-0.2, -0.15) is 0 Å². The molecule has 0 bridgehead atoms. The van der Waals surface area contributed by atoms with Gasteiger partial charge < -0.3 is 14.6 Å². The molecule has 1 rings (SSSR count). The van der Waals surface area contributed by atoms with Crippen LogP contribution in [0.4, 0.5) is 0 Å². The van der Waals surface area contributed by atoms with Gasteiger partial charge in [0.1, 0.15) is 11.7 Å². The first-order valence-electron chi connectivity index (χ1n) is 4.21. The van der Waals surface area contributed by atoms with E-state index in [0.29, 0.717) is 11.3 Å². The molecule has 78 valence electrons. The second-order valence-corrected chi connectivity index (χ2v) is 2.76. The van der Waals surface area contributed by atoms with Gasteiger partial charge in [-0.15, -0.1) is 0 Å². The Bertz CT molecular complexity index is 390. The van der Waals surface area contributed by atoms with Crippen molar-refractivity contribution in [3.63, 3.8) is 0 Å². The molecule has 0 aliphatic heterocycles. The van der Waals surface area contributed by atoms with E-state index < -0.39 is 11.8 Å². The van der Waals surface area contributed by atoms with Crippen LogP contribution in [0.25, 0.3) is 6.08 Å². The van der Waals surface area contributed by atoms with Crippen molar-refractivity contribution in [2.24, 2.45) is 0 Å². The molecule has 0 amide bonds. The molecule has 4 heteroatoms. The van der Waals surface area contributed by atoms with Gasteiger partial charge in [-0.3, -0.25) is 4.79 Å². The SMILES string of the molecule is COc1ccc(/C=C/C(=O)C(=O)[O-])cc1. The molecule has 0 radical (unpaired) electrons. The molecule has 0 aromatic heterocycles. The lowest BCUT2D eigenvalue weighted by molar-refractivity contribution is -0.299. The number of carboxylic acid groups (broad SMARTS) is 1. The van der Waals surface area contributed by atoms with E-state index in [-0.39, 0.29) is 0 Å². The van der Waals surface area contributed by atoms with Crippen LogP contribution in [0.5, 0.6) is 5.75 Å². The number of methoxy groups -OCH3 is 1. The van der Waals surface area contributed by atoms with E-state index in [4.69, 9.17) is 4.74 Å². The number of aliphatic carboxylic acids is 1. The van der Waals surface area contributed by atoms with Gasteiger partial charge in [-0.1, -0.05) is 18.2 Å². The highest BCUT2D eigenvalue weighted by Crippen LogP contribution is 2.12. The summed E-state index contributed by atoms with van der Waals surface area (Å²) in [5.41, 5.74) is 0.713. The summed E-state index contributed by atoms with van der Waals surface area (Å²) < 4.78 is 4.94. The highest BCUT2D eigenvalue weighted by Gasteiger charge is 1.95. The Hall–Kier alpha value is -2.10. The van der Waals surface area contributed by atoms with Crippen molar-refractivity contribution in [2.75, 3.05) is 7.11 Å². The first-order chi connectivity index (χ1) is 7.13. The number of rotatable bonds is 4. The van der Waals surface area contributed by atoms with Gasteiger partial charge in [0.25, 0.3) is 0 Å². The van der Waals surface area contributed by atoms with Crippen LogP contribution in [0.2, 0.25) is 0 Å². The van der Waals surface area contributed by atoms with Crippen molar-refractivity contribution in [3.05, 3.63) is 35.9 Å². The minimum Gasteiger partial charge on any atom is -0.541 e. The Morgan fingerprint density at radius 1 is 1.27 bits per heavy atom. The topological polar surface area (TPSA) is 66.4 Å². The molecule has 0 N–H and O–H groups in total. The quantitative estimate of drug-likeness (QED) is 0.513. The summed E-state index contributed by atoms with van der Waals surface area (Å²) in [5, 5.41) is 10.1. The third-order valence-corrected chi connectivity index (χ3v) is 1.74. The molecular formula is C11H9O4-. The molecule has 0 saturated carbocycles. The maximum absolute atomic E-state index is 10.7. The molecule has 1 aromatic rings. The van der Waals surface area contributed by atoms with Crippen LogP contribution in [-0.2, 0) is 9.59 Å². The second kappa shape index (κ2) is 4.95. The van der Waals surface area contributed by atoms with E-state index in [0.717, 1.165) is 6.08 Å². The highest BCUT2D eigenvalue weighted by molar-refractivity contribution is 6.37. The number of carbonyl (C=O) groups excluding carboxylic acids is 2. The Morgan fingerprint density at radius 3 is 2.33 bits per heavy atom. The van der Waals surface area contributed by atoms with Crippen LogP contribution in [0.1, 0.15) is 5.56 Å². The Kier molecular flexibility index (Phi) is 3.62. The van der Waals surface area contributed by atoms with Crippen molar-refractivity contribution in [3.8, 4) is 5.75 Å². The van der Waals surface area contributed by atoms with Gasteiger partial charge >= 0.3 is 0 Å². The number of ketones is 1. The van der Waals surface area contributed by atoms with E-state index >= 15 is 0 Å². The van der Waals surface area contributed by atoms with Crippen LogP contribution < -0.4 is 9.84 Å². The van der Waals surface area contributed by atoms with Crippen LogP contribution in [0.3, 0.4) is 0 Å². The molecule has 0 unspecified atom stereocenters. The summed E-state index contributed by atoms with van der Waals surface area (Å²) in [6.45, 7) is 0. The van der Waals surface area contributed by atoms with Crippen LogP contribution in [0, 0.1) is 0 Å². The maximum Gasteiger partial charge on any atom is 0.201 e. The van der Waals surface area contributed by atoms with Crippen molar-refractivity contribution in [1.29, 1.82) is 0 Å². The van der Waals surface area contributed by atoms with Crippen molar-refractivity contribution in [2.45, 2.75) is 0 Å². The van der Waals surface area contributed by atoms with Gasteiger partial charge in [0, 0.05) is 0 Å². The summed E-state index contributed by atoms with van der Waals surface area (Å²) in [7, 11) is 1.55. The first-order valence-corrected chi connectivity index (χ1v) is 4.21. The smallest absolute Gasteiger partial charge is 0.201 e. The first kappa shape index (κ1) is 11.0. The standard InChI is InChI=1S/C11H10O4/c1-15-9-5-2-8(3-6-9)4-7-10(12)11(13)14/h2-7H,1H3,(H,13,14)/p-1/b7-4+. The van der Waals surface area contributed by atoms with E-state index in [2.05, 4.69) is 0 Å². The van der Waals surface area contributed by atoms with Gasteiger partial charge in [-0.25, -0.2) is 0 Å². The number of hydrogen-bond acceptors (Lipinski definition) is 4. The van der Waals surface area contributed by atoms with E-state index in [9.17, 15) is 14.7 Å². The fourth-order valence-corrected chi connectivity index (χ4v) is 0.955. The lowest BCUT2D eigenvalue weighted by atomic mass is 10.2. The molecule has 0 atom stereocenters. The van der Waals surface area contributed by atoms with Gasteiger partial charge in [0.2, 0.25) is 5.78 Å². The molecule has 4 nitrogen and oxygen atoms in total. The highest BCUT2D eigenvalue weighted by atomic mass is 16.5. The average molecular weight is 205 g/mol. The largest absolute Gasteiger partial charge is 0.541 e. The summed E-state index contributed by atoms with van der Waals surface area (Å²) in [6, 6.07) is 6.84. The number of hydrogen-bond donors (Lipinski definition) is 0. The fourth-order valence-electron chi connectivity index (χ4n) is 0.955. The molecule has 0 fully saturated rings. The Labute approximate surface area is 86.8 Å². The van der Waals surface area contributed by atoms with Gasteiger partial charge in [-0.05, 0) is 23.8 Å². The predicted molar refractivity (Wildman–Crippen MR) is 52.0 cm³/mol. The monoisotopic (exact) mass is 205 g/mol. The Balaban J connectivity index is 2.73. The molecule has 0 aliphatic rings. The van der Waals surface area contributed by atoms with Crippen LogP contribution >= 0.6 is 0 Å². The zero-order valence-corrected chi connectivity index (χ0v) is 8.10. The molecule has 0 saturated heterocycles. The lowest BCUT2D eigenvalue weighted by Gasteiger charge is -1.99. The molecule has 0 heterocycles. The van der Waals surface area contributed by atoms with Crippen molar-refractivity contribution >= 4 is 17.8 Å². The molecular weight excluding hydrogens is 196 g/mol. The summed E-state index contributed by atoms with van der Waals surface area (Å²) >= 11 is 0. The summed E-state index contributed by atoms with van der Waals surface area (Å²) in [6.07, 6.45) is 2.36. The Morgan fingerprint density at radius 2 is 1.87 bits per heavy atom. The van der Waals surface area contributed by atoms with Crippen LogP contribution in [0.15, 0.2) is 30.3 Å². The van der Waals surface area contributed by atoms with Gasteiger partial charge in [0.05, 0.1) is 7.11 Å². The molecule has 0 aliphatic carbocycles. The summed E-state index contributed by atoms with van der Waals surface area (Å²) in [5.74, 6) is -2.07. The summed E-state index contributed by atoms with van der Waals surface area (Å²) in [4.78, 5) is 20.8. The van der Waals surface area contributed by atoms with Crippen LogP contribution in [-0.4, -0.2) is 18.9 Å². The van der Waals surface area contributed by atoms with E-state index in [1.165, 1.54) is 6.08 Å². The number of carboxylic acids is 1. The molecule has 15 heavy (non-hydrogen) atoms. The fraction of sp³-hybridized carbons (Fsp3) is 0.0909. The van der Waals surface area contributed by atoms with Crippen molar-refractivity contribution in [1.82, 2.24) is 0 Å². The lowest BCUT2D eigenvalue weighted by Crippen LogP contribution is -2.29. The third-order valence-electron chi connectivity index (χ3n) is 1.74. The van der Waals surface area contributed by atoms with E-state index in [1.807, 2.05) is 0 Å². The molecule has 1 aromatic carbocycles. The predicted octanol–water partition coefficient (Wildman–Crippen LogP) is 0.0274. The zero-order valence-electron chi connectivity index (χ0n) is 8.10. The van der Waals surface area contributed by atoms with Crippen molar-refractivity contribution < 1.29 is 19.4 Å². The number of ether oxygens (including phenoxy) is 1. The molecule has 0 spiro atoms. The van der Waals surface area contributed by atoms with Gasteiger partial charge in [0.15, 0.2) is 0 Å². The number of carbonyl (C=O) groups is 2. The minimum absolute atomic E-state index is 0.693. The second-order valence-electron chi connectivity index (χ2n) is 2.76. The third kappa shape index (κ3) is 3.27. The zero-order chi connectivity index (χ0) is 11.3. The number of benzene rings is 1. The maximum atomic E-state index is 10.7. The normalized spacial score (nSPS) is 10.2. The minimum atomic E-state index is -1.71.